The van der Waals surface area contributed by atoms with Gasteiger partial charge in [-0.05, 0) is 37.6 Å². The molecule has 21 heavy (non-hydrogen) atoms. The lowest BCUT2D eigenvalue weighted by Crippen LogP contribution is -2.38. The summed E-state index contributed by atoms with van der Waals surface area (Å²) in [5.41, 5.74) is 12.9. The van der Waals surface area contributed by atoms with Crippen LogP contribution >= 0.6 is 0 Å². The molecule has 4 N–H and O–H groups in total. The van der Waals surface area contributed by atoms with Gasteiger partial charge in [-0.15, -0.1) is 0 Å². The molecule has 1 aliphatic heterocycles. The van der Waals surface area contributed by atoms with E-state index in [9.17, 15) is 9.59 Å². The first kappa shape index (κ1) is 15.3. The minimum atomic E-state index is -0.421. The third-order valence-electron chi connectivity index (χ3n) is 3.96. The van der Waals surface area contributed by atoms with Crippen molar-refractivity contribution in [3.63, 3.8) is 0 Å². The van der Waals surface area contributed by atoms with Gasteiger partial charge in [0.1, 0.15) is 0 Å². The zero-order valence-corrected chi connectivity index (χ0v) is 12.2. The van der Waals surface area contributed by atoms with Crippen LogP contribution in [0.5, 0.6) is 0 Å². The number of nitrogens with two attached hydrogens (primary N) is 2. The van der Waals surface area contributed by atoms with Crippen LogP contribution in [-0.4, -0.2) is 37.0 Å². The van der Waals surface area contributed by atoms with E-state index in [4.69, 9.17) is 16.2 Å². The maximum Gasteiger partial charge on any atom is 0.340 e. The first-order valence-corrected chi connectivity index (χ1v) is 7.00. The van der Waals surface area contributed by atoms with Gasteiger partial charge in [-0.3, -0.25) is 9.69 Å². The molecule has 1 aliphatic rings. The summed E-state index contributed by atoms with van der Waals surface area (Å²) in [6.07, 6.45) is 1.51. The van der Waals surface area contributed by atoms with E-state index in [-0.39, 0.29) is 11.8 Å². The molecule has 0 radical (unpaired) electrons. The van der Waals surface area contributed by atoms with Crippen molar-refractivity contribution in [2.75, 3.05) is 25.9 Å². The summed E-state index contributed by atoms with van der Waals surface area (Å²) in [6, 6.07) is 5.39. The molecule has 0 unspecified atom stereocenters. The number of amides is 1. The van der Waals surface area contributed by atoms with E-state index in [1.807, 2.05) is 12.1 Å². The molecule has 0 bridgehead atoms. The van der Waals surface area contributed by atoms with Gasteiger partial charge < -0.3 is 16.2 Å². The fourth-order valence-electron chi connectivity index (χ4n) is 2.72. The standard InChI is InChI=1S/C15H21N3O3/c1-21-15(20)13-11(3-2-4-12(13)16)9-18-7-5-10(6-8-18)14(17)19/h2-4,10H,5-9,16H2,1H3,(H2,17,19). The summed E-state index contributed by atoms with van der Waals surface area (Å²) in [4.78, 5) is 25.2. The minimum absolute atomic E-state index is 0.0397. The van der Waals surface area contributed by atoms with Gasteiger partial charge in [0, 0.05) is 18.2 Å². The molecule has 0 atom stereocenters. The van der Waals surface area contributed by atoms with Crippen molar-refractivity contribution in [1.29, 1.82) is 0 Å². The normalized spacial score (nSPS) is 16.6. The molecular formula is C15H21N3O3. The number of rotatable bonds is 4. The highest BCUT2D eigenvalue weighted by molar-refractivity contribution is 5.96. The number of piperidine rings is 1. The quantitative estimate of drug-likeness (QED) is 0.630. The Hall–Kier alpha value is -2.08. The summed E-state index contributed by atoms with van der Waals surface area (Å²) in [5, 5.41) is 0. The highest BCUT2D eigenvalue weighted by Crippen LogP contribution is 2.23. The second kappa shape index (κ2) is 6.58. The molecule has 1 saturated heterocycles. The number of anilines is 1. The van der Waals surface area contributed by atoms with E-state index in [1.54, 1.807) is 6.07 Å². The maximum absolute atomic E-state index is 11.9. The van der Waals surface area contributed by atoms with Gasteiger partial charge in [0.25, 0.3) is 0 Å². The van der Waals surface area contributed by atoms with Gasteiger partial charge in [-0.1, -0.05) is 12.1 Å². The summed E-state index contributed by atoms with van der Waals surface area (Å²) in [5.74, 6) is -0.689. The second-order valence-electron chi connectivity index (χ2n) is 5.33. The fourth-order valence-corrected chi connectivity index (χ4v) is 2.72. The molecule has 1 fully saturated rings. The Morgan fingerprint density at radius 2 is 2.00 bits per heavy atom. The van der Waals surface area contributed by atoms with E-state index in [2.05, 4.69) is 4.90 Å². The molecule has 6 nitrogen and oxygen atoms in total. The van der Waals surface area contributed by atoms with Gasteiger partial charge in [0.2, 0.25) is 5.91 Å². The number of primary amides is 1. The molecule has 1 aromatic rings. The Morgan fingerprint density at radius 1 is 1.33 bits per heavy atom. The molecule has 1 heterocycles. The SMILES string of the molecule is COC(=O)c1c(N)cccc1CN1CCC(C(N)=O)CC1. The van der Waals surface area contributed by atoms with Crippen molar-refractivity contribution in [3.8, 4) is 0 Å². The highest BCUT2D eigenvalue weighted by atomic mass is 16.5. The van der Waals surface area contributed by atoms with E-state index in [0.717, 1.165) is 31.5 Å². The topological polar surface area (TPSA) is 98.7 Å². The number of benzene rings is 1. The molecule has 6 heteroatoms. The van der Waals surface area contributed by atoms with E-state index in [1.165, 1.54) is 7.11 Å². The highest BCUT2D eigenvalue weighted by Gasteiger charge is 2.24. The van der Waals surface area contributed by atoms with Crippen LogP contribution in [0, 0.1) is 5.92 Å². The summed E-state index contributed by atoms with van der Waals surface area (Å²) < 4.78 is 4.80. The number of nitrogens with zero attached hydrogens (tertiary/aromatic N) is 1. The van der Waals surface area contributed by atoms with Crippen LogP contribution in [-0.2, 0) is 16.1 Å². The van der Waals surface area contributed by atoms with E-state index >= 15 is 0 Å². The Balaban J connectivity index is 2.09. The van der Waals surface area contributed by atoms with Crippen LogP contribution in [0.2, 0.25) is 0 Å². The van der Waals surface area contributed by atoms with Gasteiger partial charge in [-0.2, -0.15) is 0 Å². The number of nitrogen functional groups attached to an aromatic ring is 1. The zero-order valence-electron chi connectivity index (χ0n) is 12.2. The molecule has 1 amide bonds. The largest absolute Gasteiger partial charge is 0.465 e. The predicted molar refractivity (Wildman–Crippen MR) is 79.4 cm³/mol. The maximum atomic E-state index is 11.9. The Morgan fingerprint density at radius 3 is 2.57 bits per heavy atom. The van der Waals surface area contributed by atoms with Crippen LogP contribution in [0.25, 0.3) is 0 Å². The average Bonchev–Trinajstić information content (AvgIpc) is 2.47. The molecule has 114 valence electrons. The Labute approximate surface area is 124 Å². The number of likely N-dealkylation sites (tertiary alicyclic amines) is 1. The Kier molecular flexibility index (Phi) is 4.80. The van der Waals surface area contributed by atoms with Gasteiger partial charge in [0.15, 0.2) is 0 Å². The van der Waals surface area contributed by atoms with Gasteiger partial charge >= 0.3 is 5.97 Å². The molecule has 2 rings (SSSR count). The zero-order chi connectivity index (χ0) is 15.4. The molecule has 0 aromatic heterocycles. The Bertz CT molecular complexity index is 537. The number of carbonyl (C=O) groups is 2. The van der Waals surface area contributed by atoms with Crippen molar-refractivity contribution in [1.82, 2.24) is 4.90 Å². The third-order valence-corrected chi connectivity index (χ3v) is 3.96. The molecular weight excluding hydrogens is 270 g/mol. The van der Waals surface area contributed by atoms with Crippen molar-refractivity contribution in [2.45, 2.75) is 19.4 Å². The number of ether oxygens (including phenoxy) is 1. The van der Waals surface area contributed by atoms with E-state index in [0.29, 0.717) is 17.8 Å². The van der Waals surface area contributed by atoms with Crippen LogP contribution in [0.3, 0.4) is 0 Å². The number of carbonyl (C=O) groups excluding carboxylic acids is 2. The fraction of sp³-hybridized carbons (Fsp3) is 0.467. The number of methoxy groups -OCH3 is 1. The predicted octanol–water partition coefficient (Wildman–Crippen LogP) is 0.753. The second-order valence-corrected chi connectivity index (χ2v) is 5.33. The van der Waals surface area contributed by atoms with E-state index < -0.39 is 5.97 Å². The molecule has 0 spiro atoms. The van der Waals surface area contributed by atoms with Crippen LogP contribution in [0.4, 0.5) is 5.69 Å². The van der Waals surface area contributed by atoms with Crippen molar-refractivity contribution in [3.05, 3.63) is 29.3 Å². The van der Waals surface area contributed by atoms with Crippen LogP contribution in [0.1, 0.15) is 28.8 Å². The average molecular weight is 291 g/mol. The summed E-state index contributed by atoms with van der Waals surface area (Å²) in [6.45, 7) is 2.17. The summed E-state index contributed by atoms with van der Waals surface area (Å²) in [7, 11) is 1.34. The minimum Gasteiger partial charge on any atom is -0.465 e. The third kappa shape index (κ3) is 3.52. The number of hydrogen-bond acceptors (Lipinski definition) is 5. The van der Waals surface area contributed by atoms with Gasteiger partial charge in [-0.25, -0.2) is 4.79 Å². The molecule has 0 aliphatic carbocycles. The first-order valence-electron chi connectivity index (χ1n) is 7.00. The van der Waals surface area contributed by atoms with Crippen molar-refractivity contribution >= 4 is 17.6 Å². The number of hydrogen-bond donors (Lipinski definition) is 2. The van der Waals surface area contributed by atoms with Crippen molar-refractivity contribution in [2.24, 2.45) is 11.7 Å². The lowest BCUT2D eigenvalue weighted by molar-refractivity contribution is -0.123. The molecule has 0 saturated carbocycles. The lowest BCUT2D eigenvalue weighted by atomic mass is 9.95. The number of esters is 1. The lowest BCUT2D eigenvalue weighted by Gasteiger charge is -2.30. The van der Waals surface area contributed by atoms with Gasteiger partial charge in [0.05, 0.1) is 12.7 Å². The first-order chi connectivity index (χ1) is 10.0. The molecule has 1 aromatic carbocycles. The monoisotopic (exact) mass is 291 g/mol. The summed E-state index contributed by atoms with van der Waals surface area (Å²) >= 11 is 0. The van der Waals surface area contributed by atoms with Crippen LogP contribution in [0.15, 0.2) is 18.2 Å². The van der Waals surface area contributed by atoms with Crippen molar-refractivity contribution < 1.29 is 14.3 Å². The smallest absolute Gasteiger partial charge is 0.340 e. The van der Waals surface area contributed by atoms with Crippen LogP contribution < -0.4 is 11.5 Å².